The molecule has 2 amide bonds. The van der Waals surface area contributed by atoms with Crippen LogP contribution in [0.3, 0.4) is 0 Å². The lowest BCUT2D eigenvalue weighted by Gasteiger charge is -2.28. The highest BCUT2D eigenvalue weighted by Crippen LogP contribution is 2.28. The Hall–Kier alpha value is -4.51. The number of benzene rings is 3. The standard InChI is InChI=1S/C34H36ClN5O5/c1-24-7-10-27(36-20-24)22-40(14-4-13-39-15-17-44-18-16-39)33(42)23-45-32-12-9-26(28-5-2-3-6-29(28)32)21-37-38-34(43)25-8-11-31(41)30(35)19-25/h2-3,5-12,19-21,41H,4,13-18,22-23H2,1H3,(H,38,43)/b37-21+. The number of hydrazone groups is 1. The summed E-state index contributed by atoms with van der Waals surface area (Å²) in [5.41, 5.74) is 5.40. The Kier molecular flexibility index (Phi) is 11.0. The topological polar surface area (TPSA) is 117 Å². The second-order valence-electron chi connectivity index (χ2n) is 10.8. The SMILES string of the molecule is Cc1ccc(CN(CCCN2CCOCC2)C(=O)COc2ccc(/C=N/NC(=O)c3ccc(O)c(Cl)c3)c3ccccc23)nc1. The number of aromatic nitrogens is 1. The Balaban J connectivity index is 1.24. The number of hydrogen-bond acceptors (Lipinski definition) is 8. The number of aryl methyl sites for hydroxylation is 1. The highest BCUT2D eigenvalue weighted by Gasteiger charge is 2.18. The maximum Gasteiger partial charge on any atom is 0.271 e. The van der Waals surface area contributed by atoms with Crippen LogP contribution in [0.1, 0.15) is 33.6 Å². The number of phenolic OH excluding ortho intramolecular Hbond substituents is 1. The van der Waals surface area contributed by atoms with Gasteiger partial charge in [0.05, 0.1) is 36.7 Å². The van der Waals surface area contributed by atoms with E-state index in [0.29, 0.717) is 18.8 Å². The van der Waals surface area contributed by atoms with E-state index in [4.69, 9.17) is 21.1 Å². The zero-order chi connectivity index (χ0) is 31.6. The Morgan fingerprint density at radius 2 is 1.91 bits per heavy atom. The number of hydrogen-bond donors (Lipinski definition) is 2. The zero-order valence-electron chi connectivity index (χ0n) is 25.1. The fourth-order valence-corrected chi connectivity index (χ4v) is 5.21. The molecule has 0 radical (unpaired) electrons. The summed E-state index contributed by atoms with van der Waals surface area (Å²) in [4.78, 5) is 34.6. The van der Waals surface area contributed by atoms with Gasteiger partial charge in [-0.05, 0) is 60.7 Å². The summed E-state index contributed by atoms with van der Waals surface area (Å²) >= 11 is 5.91. The molecule has 0 aliphatic carbocycles. The molecule has 0 unspecified atom stereocenters. The molecule has 1 aromatic heterocycles. The Bertz CT molecular complexity index is 1660. The first-order valence-electron chi connectivity index (χ1n) is 14.8. The quantitative estimate of drug-likeness (QED) is 0.171. The Labute approximate surface area is 267 Å². The van der Waals surface area contributed by atoms with Crippen LogP contribution in [0.15, 0.2) is 78.0 Å². The van der Waals surface area contributed by atoms with Gasteiger partial charge >= 0.3 is 0 Å². The maximum atomic E-state index is 13.5. The Morgan fingerprint density at radius 1 is 1.11 bits per heavy atom. The van der Waals surface area contributed by atoms with Gasteiger partial charge in [0.2, 0.25) is 0 Å². The summed E-state index contributed by atoms with van der Waals surface area (Å²) in [5.74, 6) is -0.120. The summed E-state index contributed by atoms with van der Waals surface area (Å²) < 4.78 is 11.6. The largest absolute Gasteiger partial charge is 0.506 e. The van der Waals surface area contributed by atoms with Gasteiger partial charge in [-0.1, -0.05) is 41.9 Å². The highest BCUT2D eigenvalue weighted by atomic mass is 35.5. The van der Waals surface area contributed by atoms with Gasteiger partial charge in [-0.15, -0.1) is 0 Å². The molecule has 2 N–H and O–H groups in total. The number of fused-ring (bicyclic) bond motifs is 1. The summed E-state index contributed by atoms with van der Waals surface area (Å²) in [6.07, 6.45) is 4.19. The van der Waals surface area contributed by atoms with Crippen LogP contribution in [0.25, 0.3) is 10.8 Å². The third kappa shape index (κ3) is 8.78. The molecule has 0 bridgehead atoms. The molecular weight excluding hydrogens is 594 g/mol. The first-order valence-corrected chi connectivity index (χ1v) is 15.2. The number of halogens is 1. The van der Waals surface area contributed by atoms with Crippen molar-refractivity contribution in [1.82, 2.24) is 20.2 Å². The summed E-state index contributed by atoms with van der Waals surface area (Å²) in [6, 6.07) is 19.4. The minimum atomic E-state index is -0.466. The van der Waals surface area contributed by atoms with E-state index in [1.54, 1.807) is 12.3 Å². The van der Waals surface area contributed by atoms with E-state index in [0.717, 1.165) is 66.9 Å². The lowest BCUT2D eigenvalue weighted by Crippen LogP contribution is -2.40. The van der Waals surface area contributed by atoms with E-state index in [2.05, 4.69) is 20.4 Å². The highest BCUT2D eigenvalue weighted by molar-refractivity contribution is 6.32. The van der Waals surface area contributed by atoms with Crippen molar-refractivity contribution in [3.05, 3.63) is 100 Å². The minimum Gasteiger partial charge on any atom is -0.506 e. The molecular formula is C34H36ClN5O5. The minimum absolute atomic E-state index is 0.0784. The van der Waals surface area contributed by atoms with Crippen molar-refractivity contribution in [2.75, 3.05) is 46.0 Å². The molecule has 234 valence electrons. The number of pyridine rings is 1. The van der Waals surface area contributed by atoms with E-state index in [-0.39, 0.29) is 28.8 Å². The van der Waals surface area contributed by atoms with Crippen molar-refractivity contribution in [2.45, 2.75) is 19.9 Å². The van der Waals surface area contributed by atoms with Crippen LogP contribution in [-0.2, 0) is 16.1 Å². The van der Waals surface area contributed by atoms with Crippen LogP contribution in [0.5, 0.6) is 11.5 Å². The van der Waals surface area contributed by atoms with E-state index in [1.807, 2.05) is 60.5 Å². The molecule has 3 aromatic carbocycles. The van der Waals surface area contributed by atoms with E-state index >= 15 is 0 Å². The molecule has 1 aliphatic rings. The van der Waals surface area contributed by atoms with Gasteiger partial charge in [0.15, 0.2) is 6.61 Å². The Morgan fingerprint density at radius 3 is 2.67 bits per heavy atom. The number of rotatable bonds is 12. The number of ether oxygens (including phenoxy) is 2. The average molecular weight is 630 g/mol. The molecule has 10 nitrogen and oxygen atoms in total. The van der Waals surface area contributed by atoms with Crippen LogP contribution in [-0.4, -0.2) is 83.9 Å². The maximum absolute atomic E-state index is 13.5. The second-order valence-corrected chi connectivity index (χ2v) is 11.2. The monoisotopic (exact) mass is 629 g/mol. The molecule has 0 spiro atoms. The van der Waals surface area contributed by atoms with Gasteiger partial charge in [0.1, 0.15) is 11.5 Å². The number of nitrogens with one attached hydrogen (secondary N) is 1. The number of aromatic hydroxyl groups is 1. The van der Waals surface area contributed by atoms with Crippen molar-refractivity contribution in [3.8, 4) is 11.5 Å². The number of carbonyl (C=O) groups is 2. The van der Waals surface area contributed by atoms with Crippen LogP contribution in [0.2, 0.25) is 5.02 Å². The third-order valence-electron chi connectivity index (χ3n) is 7.53. The zero-order valence-corrected chi connectivity index (χ0v) is 25.9. The number of phenols is 1. The molecule has 2 heterocycles. The van der Waals surface area contributed by atoms with Gasteiger partial charge in [-0.25, -0.2) is 5.43 Å². The molecule has 45 heavy (non-hydrogen) atoms. The van der Waals surface area contributed by atoms with Gasteiger partial charge in [-0.2, -0.15) is 5.10 Å². The third-order valence-corrected chi connectivity index (χ3v) is 7.84. The van der Waals surface area contributed by atoms with Crippen molar-refractivity contribution in [1.29, 1.82) is 0 Å². The number of nitrogens with zero attached hydrogens (tertiary/aromatic N) is 4. The number of carbonyl (C=O) groups excluding carboxylic acids is 2. The van der Waals surface area contributed by atoms with Gasteiger partial charge < -0.3 is 19.5 Å². The predicted octanol–water partition coefficient (Wildman–Crippen LogP) is 4.80. The molecule has 1 aliphatic heterocycles. The summed E-state index contributed by atoms with van der Waals surface area (Å²) in [7, 11) is 0. The van der Waals surface area contributed by atoms with Crippen molar-refractivity contribution < 1.29 is 24.2 Å². The van der Waals surface area contributed by atoms with E-state index in [9.17, 15) is 14.7 Å². The molecule has 11 heteroatoms. The number of amides is 2. The van der Waals surface area contributed by atoms with Gasteiger partial charge in [0, 0.05) is 48.9 Å². The van der Waals surface area contributed by atoms with Crippen LogP contribution in [0.4, 0.5) is 0 Å². The van der Waals surface area contributed by atoms with Crippen molar-refractivity contribution in [3.63, 3.8) is 0 Å². The average Bonchev–Trinajstić information content (AvgIpc) is 3.06. The first-order chi connectivity index (χ1) is 21.9. The molecule has 1 fully saturated rings. The molecule has 5 rings (SSSR count). The molecule has 0 atom stereocenters. The predicted molar refractivity (Wildman–Crippen MR) is 174 cm³/mol. The van der Waals surface area contributed by atoms with E-state index < -0.39 is 5.91 Å². The van der Waals surface area contributed by atoms with Crippen LogP contribution >= 0.6 is 11.6 Å². The molecule has 1 saturated heterocycles. The van der Waals surface area contributed by atoms with Gasteiger partial charge in [0.25, 0.3) is 11.8 Å². The number of morpholine rings is 1. The smallest absolute Gasteiger partial charge is 0.271 e. The van der Waals surface area contributed by atoms with Crippen LogP contribution in [0, 0.1) is 6.92 Å². The van der Waals surface area contributed by atoms with Gasteiger partial charge in [-0.3, -0.25) is 19.5 Å². The molecule has 0 saturated carbocycles. The van der Waals surface area contributed by atoms with Crippen molar-refractivity contribution in [2.24, 2.45) is 5.10 Å². The normalized spacial score (nSPS) is 13.6. The fourth-order valence-electron chi connectivity index (χ4n) is 5.03. The van der Waals surface area contributed by atoms with Crippen molar-refractivity contribution >= 4 is 40.4 Å². The second kappa shape index (κ2) is 15.5. The lowest BCUT2D eigenvalue weighted by atomic mass is 10.0. The first kappa shape index (κ1) is 31.9. The lowest BCUT2D eigenvalue weighted by molar-refractivity contribution is -0.134. The summed E-state index contributed by atoms with van der Waals surface area (Å²) in [5, 5.41) is 15.4. The van der Waals surface area contributed by atoms with Crippen LogP contribution < -0.4 is 10.2 Å². The molecule has 4 aromatic rings. The summed E-state index contributed by atoms with van der Waals surface area (Å²) in [6.45, 7) is 7.06. The van der Waals surface area contributed by atoms with E-state index in [1.165, 1.54) is 18.2 Å². The fraction of sp³-hybridized carbons (Fsp3) is 0.294.